The van der Waals surface area contributed by atoms with Crippen LogP contribution in [0.25, 0.3) is 10.9 Å². The number of carbonyl (C=O) groups is 2. The highest BCUT2D eigenvalue weighted by atomic mass is 16.5. The lowest BCUT2D eigenvalue weighted by Gasteiger charge is -2.12. The number of hydrogen-bond acceptors (Lipinski definition) is 6. The number of nitrogens with zero attached hydrogens (tertiary/aromatic N) is 1. The van der Waals surface area contributed by atoms with Gasteiger partial charge in [0.25, 0.3) is 0 Å². The first-order chi connectivity index (χ1) is 14.5. The fourth-order valence-corrected chi connectivity index (χ4v) is 3.29. The van der Waals surface area contributed by atoms with Gasteiger partial charge in [-0.3, -0.25) is 9.78 Å². The number of hydrogen-bond donors (Lipinski definition) is 0. The normalized spacial score (nSPS) is 13.2. The second-order valence-electron chi connectivity index (χ2n) is 7.48. The first-order valence-electron chi connectivity index (χ1n) is 10.0. The van der Waals surface area contributed by atoms with Crippen molar-refractivity contribution in [3.63, 3.8) is 0 Å². The summed E-state index contributed by atoms with van der Waals surface area (Å²) in [5.74, 6) is 0.459. The molecule has 1 aromatic heterocycles. The van der Waals surface area contributed by atoms with E-state index in [2.05, 4.69) is 4.98 Å². The molecular formula is C24H23NO5. The van der Waals surface area contributed by atoms with E-state index in [-0.39, 0.29) is 18.3 Å². The average Bonchev–Trinajstić information content (AvgIpc) is 3.01. The number of pyridine rings is 1. The molecule has 2 aromatic carbocycles. The van der Waals surface area contributed by atoms with Crippen LogP contribution in [0.2, 0.25) is 0 Å². The number of ether oxygens (including phenoxy) is 3. The van der Waals surface area contributed by atoms with E-state index < -0.39 is 5.97 Å². The standard InChI is InChI=1S/C24H23NO5/c1-15(2)20-13-18(17-6-3-4-7-19(17)25-20)24(27)30-14-21(26)16-8-9-22-23(12-16)29-11-5-10-28-22/h3-4,6-9,12-13,15H,5,10-11,14H2,1-2H3. The van der Waals surface area contributed by atoms with Crippen LogP contribution in [-0.4, -0.2) is 36.6 Å². The third kappa shape index (κ3) is 4.13. The van der Waals surface area contributed by atoms with Crippen molar-refractivity contribution in [1.82, 2.24) is 4.98 Å². The Balaban J connectivity index is 1.52. The van der Waals surface area contributed by atoms with Crippen LogP contribution in [0.1, 0.15) is 52.6 Å². The number of ketones is 1. The van der Waals surface area contributed by atoms with E-state index in [1.807, 2.05) is 38.1 Å². The van der Waals surface area contributed by atoms with Crippen LogP contribution in [0.15, 0.2) is 48.5 Å². The van der Waals surface area contributed by atoms with E-state index in [1.54, 1.807) is 24.3 Å². The lowest BCUT2D eigenvalue weighted by Crippen LogP contribution is -2.15. The fraction of sp³-hybridized carbons (Fsp3) is 0.292. The van der Waals surface area contributed by atoms with Crippen molar-refractivity contribution in [2.24, 2.45) is 0 Å². The van der Waals surface area contributed by atoms with Crippen LogP contribution in [0, 0.1) is 0 Å². The zero-order valence-electron chi connectivity index (χ0n) is 17.0. The molecule has 0 fully saturated rings. The molecule has 6 nitrogen and oxygen atoms in total. The molecule has 0 aliphatic carbocycles. The number of benzene rings is 2. The van der Waals surface area contributed by atoms with Crippen molar-refractivity contribution in [1.29, 1.82) is 0 Å². The Morgan fingerprint density at radius 2 is 1.80 bits per heavy atom. The zero-order valence-corrected chi connectivity index (χ0v) is 17.0. The van der Waals surface area contributed by atoms with Gasteiger partial charge in [-0.25, -0.2) is 4.79 Å². The summed E-state index contributed by atoms with van der Waals surface area (Å²) in [6.07, 6.45) is 0.786. The summed E-state index contributed by atoms with van der Waals surface area (Å²) in [6.45, 7) is 4.79. The van der Waals surface area contributed by atoms with E-state index in [1.165, 1.54) is 0 Å². The molecule has 3 aromatic rings. The molecule has 0 N–H and O–H groups in total. The summed E-state index contributed by atoms with van der Waals surface area (Å²) in [5.41, 5.74) is 2.35. The molecular weight excluding hydrogens is 382 g/mol. The summed E-state index contributed by atoms with van der Waals surface area (Å²) in [5, 5.41) is 0.704. The molecule has 0 saturated heterocycles. The summed E-state index contributed by atoms with van der Waals surface area (Å²) < 4.78 is 16.6. The van der Waals surface area contributed by atoms with E-state index in [9.17, 15) is 9.59 Å². The van der Waals surface area contributed by atoms with Gasteiger partial charge >= 0.3 is 5.97 Å². The van der Waals surface area contributed by atoms with Gasteiger partial charge in [0, 0.05) is 23.1 Å². The zero-order chi connectivity index (χ0) is 21.1. The SMILES string of the molecule is CC(C)c1cc(C(=O)OCC(=O)c2ccc3c(c2)OCCCO3)c2ccccc2n1. The maximum absolute atomic E-state index is 12.8. The fourth-order valence-electron chi connectivity index (χ4n) is 3.29. The van der Waals surface area contributed by atoms with Crippen molar-refractivity contribution in [3.8, 4) is 11.5 Å². The molecule has 0 spiro atoms. The maximum Gasteiger partial charge on any atom is 0.339 e. The third-order valence-electron chi connectivity index (χ3n) is 4.95. The van der Waals surface area contributed by atoms with Crippen molar-refractivity contribution < 1.29 is 23.8 Å². The molecule has 154 valence electrons. The minimum Gasteiger partial charge on any atom is -0.490 e. The van der Waals surface area contributed by atoms with Gasteiger partial charge in [-0.05, 0) is 36.2 Å². The number of esters is 1. The number of Topliss-reactive ketones (excluding diaryl/α,β-unsaturated/α-hetero) is 1. The quantitative estimate of drug-likeness (QED) is 0.458. The molecule has 0 saturated carbocycles. The van der Waals surface area contributed by atoms with Crippen molar-refractivity contribution >= 4 is 22.7 Å². The van der Waals surface area contributed by atoms with Gasteiger partial charge in [0.1, 0.15) is 0 Å². The molecule has 0 bridgehead atoms. The lowest BCUT2D eigenvalue weighted by atomic mass is 10.0. The molecule has 4 rings (SSSR count). The smallest absolute Gasteiger partial charge is 0.339 e. The predicted octanol–water partition coefficient (Wildman–Crippen LogP) is 4.56. The summed E-state index contributed by atoms with van der Waals surface area (Å²) >= 11 is 0. The van der Waals surface area contributed by atoms with E-state index >= 15 is 0 Å². The van der Waals surface area contributed by atoms with Crippen LogP contribution in [0.3, 0.4) is 0 Å². The average molecular weight is 405 g/mol. The second-order valence-corrected chi connectivity index (χ2v) is 7.48. The first-order valence-corrected chi connectivity index (χ1v) is 10.0. The van der Waals surface area contributed by atoms with Crippen LogP contribution in [0.4, 0.5) is 0 Å². The topological polar surface area (TPSA) is 74.7 Å². The number of fused-ring (bicyclic) bond motifs is 2. The molecule has 0 atom stereocenters. The lowest BCUT2D eigenvalue weighted by molar-refractivity contribution is 0.0476. The summed E-state index contributed by atoms with van der Waals surface area (Å²) in [4.78, 5) is 30.0. The highest BCUT2D eigenvalue weighted by molar-refractivity contribution is 6.05. The minimum atomic E-state index is -0.543. The summed E-state index contributed by atoms with van der Waals surface area (Å²) in [6, 6.07) is 14.2. The Labute approximate surface area is 174 Å². The molecule has 1 aliphatic heterocycles. The van der Waals surface area contributed by atoms with Crippen molar-refractivity contribution in [2.75, 3.05) is 19.8 Å². The van der Waals surface area contributed by atoms with Gasteiger partial charge in [0.05, 0.1) is 24.3 Å². The Bertz CT molecular complexity index is 1110. The van der Waals surface area contributed by atoms with E-state index in [0.717, 1.165) is 17.6 Å². The van der Waals surface area contributed by atoms with Gasteiger partial charge < -0.3 is 14.2 Å². The van der Waals surface area contributed by atoms with E-state index in [0.29, 0.717) is 41.2 Å². The van der Waals surface area contributed by atoms with Crippen LogP contribution in [0.5, 0.6) is 11.5 Å². The van der Waals surface area contributed by atoms with Crippen LogP contribution >= 0.6 is 0 Å². The number of rotatable bonds is 5. The van der Waals surface area contributed by atoms with Crippen LogP contribution < -0.4 is 9.47 Å². The predicted molar refractivity (Wildman–Crippen MR) is 112 cm³/mol. The Hall–Kier alpha value is -3.41. The molecule has 6 heteroatoms. The monoisotopic (exact) mass is 405 g/mol. The molecule has 0 amide bonds. The number of carbonyl (C=O) groups excluding carboxylic acids is 2. The van der Waals surface area contributed by atoms with Gasteiger partial charge in [-0.15, -0.1) is 0 Å². The van der Waals surface area contributed by atoms with Gasteiger partial charge in [-0.1, -0.05) is 32.0 Å². The second kappa shape index (κ2) is 8.53. The van der Waals surface area contributed by atoms with Crippen molar-refractivity contribution in [2.45, 2.75) is 26.2 Å². The Morgan fingerprint density at radius 3 is 2.60 bits per heavy atom. The number of para-hydroxylation sites is 1. The van der Waals surface area contributed by atoms with Gasteiger partial charge in [0.15, 0.2) is 23.9 Å². The van der Waals surface area contributed by atoms with Gasteiger partial charge in [-0.2, -0.15) is 0 Å². The Kier molecular flexibility index (Phi) is 5.65. The maximum atomic E-state index is 12.8. The molecule has 1 aliphatic rings. The van der Waals surface area contributed by atoms with Gasteiger partial charge in [0.2, 0.25) is 0 Å². The first kappa shape index (κ1) is 19.9. The Morgan fingerprint density at radius 1 is 1.03 bits per heavy atom. The third-order valence-corrected chi connectivity index (χ3v) is 4.95. The van der Waals surface area contributed by atoms with Crippen LogP contribution in [-0.2, 0) is 4.74 Å². The van der Waals surface area contributed by atoms with Crippen molar-refractivity contribution in [3.05, 3.63) is 65.4 Å². The highest BCUT2D eigenvalue weighted by Crippen LogP contribution is 2.30. The molecule has 0 unspecified atom stereocenters. The highest BCUT2D eigenvalue weighted by Gasteiger charge is 2.19. The molecule has 2 heterocycles. The summed E-state index contributed by atoms with van der Waals surface area (Å²) in [7, 11) is 0. The van der Waals surface area contributed by atoms with E-state index in [4.69, 9.17) is 14.2 Å². The largest absolute Gasteiger partial charge is 0.490 e. The number of aromatic nitrogens is 1. The molecule has 0 radical (unpaired) electrons. The molecule has 30 heavy (non-hydrogen) atoms. The minimum absolute atomic E-state index is 0.157.